The number of thiophene rings is 1. The minimum absolute atomic E-state index is 0.0771. The van der Waals surface area contributed by atoms with Crippen molar-refractivity contribution in [3.05, 3.63) is 64.0 Å². The molecule has 2 amide bonds. The summed E-state index contributed by atoms with van der Waals surface area (Å²) in [6, 6.07) is 3.88. The molecule has 4 rings (SSSR count). The zero-order valence-electron chi connectivity index (χ0n) is 16.3. The highest BCUT2D eigenvalue weighted by Gasteiger charge is 2.32. The van der Waals surface area contributed by atoms with Gasteiger partial charge < -0.3 is 10.6 Å². The molecule has 164 valence electrons. The SMILES string of the molecule is Cn1nc2c(C(=O)NCc3ccnc(C(F)(F)F)c3)ncnc2c1NC(=O)c1ccsc1. The molecule has 0 unspecified atom stereocenters. The van der Waals surface area contributed by atoms with Gasteiger partial charge in [-0.25, -0.2) is 14.6 Å². The lowest BCUT2D eigenvalue weighted by molar-refractivity contribution is -0.141. The van der Waals surface area contributed by atoms with Crippen molar-refractivity contribution in [2.24, 2.45) is 7.05 Å². The van der Waals surface area contributed by atoms with E-state index in [4.69, 9.17) is 0 Å². The number of pyridine rings is 1. The molecule has 0 fully saturated rings. The van der Waals surface area contributed by atoms with Crippen LogP contribution in [0, 0.1) is 0 Å². The van der Waals surface area contributed by atoms with Gasteiger partial charge in [-0.2, -0.15) is 29.6 Å². The molecule has 0 radical (unpaired) electrons. The standard InChI is InChI=1S/C19H14F3N7O2S/c1-29-16(27-17(30)11-3-5-32-8-11)14-13(28-29)15(26-9-25-14)18(31)24-7-10-2-4-23-12(6-10)19(20,21)22/h2-6,8-9H,7H2,1H3,(H,24,31)(H,27,30). The highest BCUT2D eigenvalue weighted by Crippen LogP contribution is 2.28. The molecular weight excluding hydrogens is 447 g/mol. The first-order valence-electron chi connectivity index (χ1n) is 9.05. The van der Waals surface area contributed by atoms with Gasteiger partial charge in [0.05, 0.1) is 5.56 Å². The van der Waals surface area contributed by atoms with E-state index in [1.165, 1.54) is 22.1 Å². The summed E-state index contributed by atoms with van der Waals surface area (Å²) in [7, 11) is 1.57. The third-order valence-electron chi connectivity index (χ3n) is 4.42. The predicted octanol–water partition coefficient (Wildman–Crippen LogP) is 3.02. The molecule has 0 aromatic carbocycles. The number of anilines is 1. The number of alkyl halides is 3. The maximum Gasteiger partial charge on any atom is 0.433 e. The minimum atomic E-state index is -4.59. The molecule has 13 heteroatoms. The third kappa shape index (κ3) is 4.27. The van der Waals surface area contributed by atoms with Gasteiger partial charge in [0, 0.05) is 25.2 Å². The first kappa shape index (κ1) is 21.4. The molecule has 4 aromatic rings. The lowest BCUT2D eigenvalue weighted by atomic mass is 10.2. The summed E-state index contributed by atoms with van der Waals surface area (Å²) in [5.41, 5.74) is -0.0582. The summed E-state index contributed by atoms with van der Waals surface area (Å²) in [4.78, 5) is 36.4. The highest BCUT2D eigenvalue weighted by atomic mass is 32.1. The fourth-order valence-corrected chi connectivity index (χ4v) is 3.52. The average molecular weight is 461 g/mol. The molecule has 4 heterocycles. The van der Waals surface area contributed by atoms with Crippen LogP contribution in [0.15, 0.2) is 41.5 Å². The van der Waals surface area contributed by atoms with E-state index in [-0.39, 0.29) is 40.6 Å². The lowest BCUT2D eigenvalue weighted by Gasteiger charge is -2.08. The molecule has 2 N–H and O–H groups in total. The van der Waals surface area contributed by atoms with Crippen molar-refractivity contribution in [3.8, 4) is 0 Å². The first-order valence-corrected chi connectivity index (χ1v) is 10.00. The van der Waals surface area contributed by atoms with Crippen molar-refractivity contribution < 1.29 is 22.8 Å². The van der Waals surface area contributed by atoms with Crippen molar-refractivity contribution in [1.82, 2.24) is 30.0 Å². The summed E-state index contributed by atoms with van der Waals surface area (Å²) in [6.07, 6.45) is -2.42. The smallest absolute Gasteiger partial charge is 0.347 e. The summed E-state index contributed by atoms with van der Waals surface area (Å²) in [6.45, 7) is -0.176. The van der Waals surface area contributed by atoms with Crippen molar-refractivity contribution in [3.63, 3.8) is 0 Å². The molecule has 0 bridgehead atoms. The van der Waals surface area contributed by atoms with Gasteiger partial charge in [-0.15, -0.1) is 0 Å². The van der Waals surface area contributed by atoms with Crippen molar-refractivity contribution >= 4 is 40.0 Å². The molecule has 0 aliphatic carbocycles. The van der Waals surface area contributed by atoms with E-state index in [0.717, 1.165) is 18.6 Å². The second-order valence-electron chi connectivity index (χ2n) is 6.59. The monoisotopic (exact) mass is 461 g/mol. The molecule has 0 atom stereocenters. The van der Waals surface area contributed by atoms with Crippen LogP contribution in [-0.4, -0.2) is 36.5 Å². The van der Waals surface area contributed by atoms with E-state index in [1.807, 2.05) is 0 Å². The largest absolute Gasteiger partial charge is 0.433 e. The minimum Gasteiger partial charge on any atom is -0.347 e. The van der Waals surface area contributed by atoms with Crippen molar-refractivity contribution in [2.75, 3.05) is 5.32 Å². The Bertz CT molecular complexity index is 1300. The van der Waals surface area contributed by atoms with E-state index in [9.17, 15) is 22.8 Å². The van der Waals surface area contributed by atoms with Gasteiger partial charge in [-0.3, -0.25) is 14.6 Å². The van der Waals surface area contributed by atoms with Crippen LogP contribution >= 0.6 is 11.3 Å². The maximum absolute atomic E-state index is 12.8. The van der Waals surface area contributed by atoms with Crippen LogP contribution < -0.4 is 10.6 Å². The first-order chi connectivity index (χ1) is 15.2. The third-order valence-corrected chi connectivity index (χ3v) is 5.10. The number of hydrogen-bond acceptors (Lipinski definition) is 7. The zero-order chi connectivity index (χ0) is 22.9. The van der Waals surface area contributed by atoms with Crippen LogP contribution in [-0.2, 0) is 19.8 Å². The number of hydrogen-bond donors (Lipinski definition) is 2. The van der Waals surface area contributed by atoms with Gasteiger partial charge in [0.15, 0.2) is 11.5 Å². The number of rotatable bonds is 5. The Morgan fingerprint density at radius 3 is 2.66 bits per heavy atom. The molecule has 32 heavy (non-hydrogen) atoms. The van der Waals surface area contributed by atoms with Crippen LogP contribution in [0.4, 0.5) is 19.0 Å². The zero-order valence-corrected chi connectivity index (χ0v) is 17.2. The maximum atomic E-state index is 12.8. The molecule has 0 saturated heterocycles. The Morgan fingerprint density at radius 1 is 1.12 bits per heavy atom. The fourth-order valence-electron chi connectivity index (χ4n) is 2.89. The van der Waals surface area contributed by atoms with Crippen molar-refractivity contribution in [1.29, 1.82) is 0 Å². The number of amides is 2. The molecular formula is C19H14F3N7O2S. The van der Waals surface area contributed by atoms with E-state index < -0.39 is 17.8 Å². The van der Waals surface area contributed by atoms with E-state index in [0.29, 0.717) is 5.56 Å². The molecule has 9 nitrogen and oxygen atoms in total. The van der Waals surface area contributed by atoms with Gasteiger partial charge in [-0.1, -0.05) is 0 Å². The number of fused-ring (bicyclic) bond motifs is 1. The molecule has 0 spiro atoms. The van der Waals surface area contributed by atoms with Crippen molar-refractivity contribution in [2.45, 2.75) is 12.7 Å². The highest BCUT2D eigenvalue weighted by molar-refractivity contribution is 7.08. The Labute approximate surface area is 182 Å². The molecule has 0 aliphatic rings. The van der Waals surface area contributed by atoms with Gasteiger partial charge in [0.2, 0.25) is 0 Å². The molecule has 0 aliphatic heterocycles. The lowest BCUT2D eigenvalue weighted by Crippen LogP contribution is -2.24. The van der Waals surface area contributed by atoms with Gasteiger partial charge in [0.25, 0.3) is 11.8 Å². The number of halogens is 3. The van der Waals surface area contributed by atoms with Crippen LogP contribution in [0.25, 0.3) is 11.0 Å². The normalized spacial score (nSPS) is 11.5. The average Bonchev–Trinajstić information content (AvgIpc) is 3.40. The van der Waals surface area contributed by atoms with Gasteiger partial charge in [-0.05, 0) is 29.1 Å². The molecule has 0 saturated carbocycles. The quantitative estimate of drug-likeness (QED) is 0.472. The number of aryl methyl sites for hydroxylation is 1. The van der Waals surface area contributed by atoms with Gasteiger partial charge in [0.1, 0.15) is 23.1 Å². The number of carbonyl (C=O) groups excluding carboxylic acids is 2. The number of carbonyl (C=O) groups is 2. The van der Waals surface area contributed by atoms with Crippen LogP contribution in [0.3, 0.4) is 0 Å². The summed E-state index contributed by atoms with van der Waals surface area (Å²) in [5, 5.41) is 12.9. The van der Waals surface area contributed by atoms with E-state index in [2.05, 4.69) is 30.7 Å². The van der Waals surface area contributed by atoms with Gasteiger partial charge >= 0.3 is 6.18 Å². The topological polar surface area (TPSA) is 115 Å². The summed E-state index contributed by atoms with van der Waals surface area (Å²) < 4.78 is 39.8. The summed E-state index contributed by atoms with van der Waals surface area (Å²) in [5.74, 6) is -0.743. The van der Waals surface area contributed by atoms with E-state index in [1.54, 1.807) is 23.9 Å². The number of nitrogens with one attached hydrogen (secondary N) is 2. The Kier molecular flexibility index (Phi) is 5.57. The second-order valence-corrected chi connectivity index (χ2v) is 7.37. The second kappa shape index (κ2) is 8.34. The Hall–Kier alpha value is -3.87. The fraction of sp³-hybridized carbons (Fsp3) is 0.158. The Balaban J connectivity index is 1.56. The summed E-state index contributed by atoms with van der Waals surface area (Å²) >= 11 is 1.37. The van der Waals surface area contributed by atoms with Crippen LogP contribution in [0.2, 0.25) is 0 Å². The number of aromatic nitrogens is 5. The predicted molar refractivity (Wildman–Crippen MR) is 109 cm³/mol. The number of nitrogens with zero attached hydrogens (tertiary/aromatic N) is 5. The Morgan fingerprint density at radius 2 is 1.94 bits per heavy atom. The van der Waals surface area contributed by atoms with Crippen LogP contribution in [0.5, 0.6) is 0 Å². The molecule has 4 aromatic heterocycles. The van der Waals surface area contributed by atoms with Crippen LogP contribution in [0.1, 0.15) is 32.1 Å². The van der Waals surface area contributed by atoms with E-state index >= 15 is 0 Å².